The van der Waals surface area contributed by atoms with Gasteiger partial charge in [0.2, 0.25) is 11.8 Å². The van der Waals surface area contributed by atoms with E-state index >= 15 is 0 Å². The van der Waals surface area contributed by atoms with Crippen LogP contribution in [0.1, 0.15) is 43.7 Å². The number of nitriles is 1. The normalized spacial score (nSPS) is 24.0. The molecule has 1 amide bonds. The number of sulfone groups is 1. The van der Waals surface area contributed by atoms with E-state index < -0.39 is 57.7 Å². The van der Waals surface area contributed by atoms with E-state index in [1.807, 2.05) is 17.0 Å². The largest absolute Gasteiger partial charge is 0.369 e. The van der Waals surface area contributed by atoms with Crippen molar-refractivity contribution < 1.29 is 26.4 Å². The van der Waals surface area contributed by atoms with Crippen LogP contribution in [-0.4, -0.2) is 65.1 Å². The van der Waals surface area contributed by atoms with E-state index in [1.54, 1.807) is 12.1 Å². The Bertz CT molecular complexity index is 1650. The number of hydrogen-bond acceptors (Lipinski definition) is 7. The van der Waals surface area contributed by atoms with Gasteiger partial charge in [-0.25, -0.2) is 31.3 Å². The highest BCUT2D eigenvalue weighted by Gasteiger charge is 2.50. The molecule has 1 saturated heterocycles. The topological polar surface area (TPSA) is 121 Å². The number of halogens is 3. The Hall–Kier alpha value is -3.92. The van der Waals surface area contributed by atoms with Crippen molar-refractivity contribution in [3.63, 3.8) is 0 Å². The molecular weight excluding hydrogens is 569 g/mol. The molecule has 1 aliphatic heterocycles. The van der Waals surface area contributed by atoms with Gasteiger partial charge in [-0.3, -0.25) is 4.79 Å². The summed E-state index contributed by atoms with van der Waals surface area (Å²) in [5, 5.41) is 16.8. The molecule has 3 aliphatic rings. The molecule has 3 heterocycles. The summed E-state index contributed by atoms with van der Waals surface area (Å²) in [6, 6.07) is 12.0. The molecule has 2 aromatic heterocycles. The van der Waals surface area contributed by atoms with Crippen molar-refractivity contribution in [3.05, 3.63) is 60.3 Å². The maximum absolute atomic E-state index is 14.9. The Kier molecular flexibility index (Phi) is 7.00. The van der Waals surface area contributed by atoms with Crippen molar-refractivity contribution in [1.82, 2.24) is 20.1 Å². The van der Waals surface area contributed by atoms with Gasteiger partial charge in [0, 0.05) is 61.4 Å². The van der Waals surface area contributed by atoms with Crippen LogP contribution in [0.5, 0.6) is 0 Å². The number of aromatic nitrogens is 3. The van der Waals surface area contributed by atoms with Gasteiger partial charge < -0.3 is 10.2 Å². The fourth-order valence-electron chi connectivity index (χ4n) is 5.81. The summed E-state index contributed by atoms with van der Waals surface area (Å²) in [4.78, 5) is 19.4. The first-order valence-electron chi connectivity index (χ1n) is 13.9. The summed E-state index contributed by atoms with van der Waals surface area (Å²) in [5.74, 6) is -6.00. The molecule has 1 aromatic carbocycles. The van der Waals surface area contributed by atoms with E-state index in [2.05, 4.69) is 21.5 Å². The van der Waals surface area contributed by atoms with Crippen LogP contribution in [0.25, 0.3) is 16.9 Å². The molecular formula is C29H29F3N6O3S. The van der Waals surface area contributed by atoms with Crippen LogP contribution in [0.15, 0.2) is 48.8 Å². The van der Waals surface area contributed by atoms with Crippen molar-refractivity contribution in [2.75, 3.05) is 29.5 Å². The molecule has 0 bridgehead atoms. The van der Waals surface area contributed by atoms with Crippen molar-refractivity contribution in [1.29, 1.82) is 5.26 Å². The van der Waals surface area contributed by atoms with E-state index in [9.17, 15) is 31.6 Å². The molecule has 6 rings (SSSR count). The van der Waals surface area contributed by atoms with E-state index in [0.717, 1.165) is 5.69 Å². The van der Waals surface area contributed by atoms with Crippen LogP contribution in [0.3, 0.4) is 0 Å². The molecule has 1 N–H and O–H groups in total. The molecule has 9 nitrogen and oxygen atoms in total. The third kappa shape index (κ3) is 5.60. The number of alkyl halides is 2. The average Bonchev–Trinajstić information content (AvgIpc) is 3.59. The minimum atomic E-state index is -3.05. The van der Waals surface area contributed by atoms with Crippen LogP contribution in [0.2, 0.25) is 0 Å². The Morgan fingerprint density at radius 1 is 1.10 bits per heavy atom. The van der Waals surface area contributed by atoms with Crippen LogP contribution in [-0.2, 0) is 14.6 Å². The zero-order chi connectivity index (χ0) is 29.7. The zero-order valence-corrected chi connectivity index (χ0v) is 23.5. The number of carbonyl (C=O) groups is 1. The predicted molar refractivity (Wildman–Crippen MR) is 148 cm³/mol. The van der Waals surface area contributed by atoms with Crippen LogP contribution < -0.4 is 10.2 Å². The molecule has 0 spiro atoms. The first kappa shape index (κ1) is 28.2. The first-order chi connectivity index (χ1) is 20.0. The lowest BCUT2D eigenvalue weighted by Gasteiger charge is -2.35. The molecule has 0 unspecified atom stereocenters. The summed E-state index contributed by atoms with van der Waals surface area (Å²) in [5.41, 5.74) is 1.15. The van der Waals surface area contributed by atoms with Gasteiger partial charge in [-0.2, -0.15) is 10.4 Å². The van der Waals surface area contributed by atoms with Crippen LogP contribution in [0, 0.1) is 23.1 Å². The molecule has 2 atom stereocenters. The maximum atomic E-state index is 14.9. The number of benzene rings is 1. The molecule has 3 fully saturated rings. The third-order valence-corrected chi connectivity index (χ3v) is 10.0. The highest BCUT2D eigenvalue weighted by atomic mass is 32.2. The molecule has 42 heavy (non-hydrogen) atoms. The fraction of sp³-hybridized carbons (Fsp3) is 0.448. The summed E-state index contributed by atoms with van der Waals surface area (Å²) < 4.78 is 69.4. The van der Waals surface area contributed by atoms with Gasteiger partial charge >= 0.3 is 0 Å². The summed E-state index contributed by atoms with van der Waals surface area (Å²) in [6.45, 7) is 0.726. The van der Waals surface area contributed by atoms with Crippen molar-refractivity contribution in [2.24, 2.45) is 5.92 Å². The maximum Gasteiger partial charge on any atom is 0.248 e. The lowest BCUT2D eigenvalue weighted by Crippen LogP contribution is -2.45. The molecule has 13 heteroatoms. The van der Waals surface area contributed by atoms with Gasteiger partial charge in [0.15, 0.2) is 21.5 Å². The lowest BCUT2D eigenvalue weighted by molar-refractivity contribution is -0.131. The highest BCUT2D eigenvalue weighted by molar-refractivity contribution is 7.91. The van der Waals surface area contributed by atoms with E-state index in [4.69, 9.17) is 0 Å². The summed E-state index contributed by atoms with van der Waals surface area (Å²) in [7, 11) is -3.05. The van der Waals surface area contributed by atoms with Crippen LogP contribution in [0.4, 0.5) is 18.9 Å². The minimum absolute atomic E-state index is 0.0632. The van der Waals surface area contributed by atoms with Gasteiger partial charge in [-0.15, -0.1) is 0 Å². The van der Waals surface area contributed by atoms with Gasteiger partial charge in [-0.1, -0.05) is 12.1 Å². The smallest absolute Gasteiger partial charge is 0.248 e. The second-order valence-electron chi connectivity index (χ2n) is 11.4. The molecule has 2 saturated carbocycles. The Morgan fingerprint density at radius 3 is 2.45 bits per heavy atom. The van der Waals surface area contributed by atoms with Crippen molar-refractivity contribution >= 4 is 21.4 Å². The number of carbonyl (C=O) groups excluding carboxylic acids is 1. The van der Waals surface area contributed by atoms with Crippen molar-refractivity contribution in [3.8, 4) is 23.0 Å². The number of nitrogens with zero attached hydrogens (tertiary/aromatic N) is 5. The average molecular weight is 599 g/mol. The number of nitrogens with one attached hydrogen (secondary N) is 1. The number of amides is 1. The Morgan fingerprint density at radius 2 is 1.81 bits per heavy atom. The minimum Gasteiger partial charge on any atom is -0.369 e. The predicted octanol–water partition coefficient (Wildman–Crippen LogP) is 4.00. The zero-order valence-electron chi connectivity index (χ0n) is 22.6. The molecule has 2 aliphatic carbocycles. The van der Waals surface area contributed by atoms with Gasteiger partial charge in [-0.05, 0) is 49.1 Å². The molecule has 3 aromatic rings. The Labute approximate surface area is 241 Å². The number of hydrogen-bond donors (Lipinski definition) is 1. The van der Waals surface area contributed by atoms with Gasteiger partial charge in [0.25, 0.3) is 0 Å². The quantitative estimate of drug-likeness (QED) is 0.455. The third-order valence-electron chi connectivity index (χ3n) is 8.43. The first-order valence-corrected chi connectivity index (χ1v) is 15.7. The molecule has 0 radical (unpaired) electrons. The highest BCUT2D eigenvalue weighted by Crippen LogP contribution is 2.48. The van der Waals surface area contributed by atoms with Crippen LogP contribution >= 0.6 is 0 Å². The summed E-state index contributed by atoms with van der Waals surface area (Å²) >= 11 is 0. The van der Waals surface area contributed by atoms with E-state index in [1.165, 1.54) is 29.2 Å². The second-order valence-corrected chi connectivity index (χ2v) is 13.7. The van der Waals surface area contributed by atoms with Crippen molar-refractivity contribution in [2.45, 2.75) is 49.5 Å². The fourth-order valence-corrected chi connectivity index (χ4v) is 7.01. The standard InChI is InChI=1S/C29H29F3N6O3S/c30-24-2-1-11-34-26(24)38-17-23(19-3-5-20(6-4-19)37-12-14-42(40,41)15-13-37)25(36-38)22-16-29(31,32)8-7-21(22)27(39)35-28(18-33)9-10-28/h1-6,11,17,21-22H,7-10,12-16H2,(H,35,39)/t21-,22-/m1/s1. The number of anilines is 1. The van der Waals surface area contributed by atoms with E-state index in [0.29, 0.717) is 37.1 Å². The number of rotatable bonds is 6. The van der Waals surface area contributed by atoms with E-state index in [-0.39, 0.29) is 29.4 Å². The second kappa shape index (κ2) is 10.4. The number of pyridine rings is 1. The molecule has 220 valence electrons. The van der Waals surface area contributed by atoms with Gasteiger partial charge in [0.1, 0.15) is 5.54 Å². The summed E-state index contributed by atoms with van der Waals surface area (Å²) in [6.07, 6.45) is 2.77. The lowest BCUT2D eigenvalue weighted by atomic mass is 9.74. The van der Waals surface area contributed by atoms with Gasteiger partial charge in [0.05, 0.1) is 23.3 Å². The SMILES string of the molecule is N#CC1(NC(=O)[C@@H]2CCC(F)(F)C[C@H]2c2nn(-c3ncccc3F)cc2-c2ccc(N3CCS(=O)(=O)CC3)cc2)CC1. The Balaban J connectivity index is 1.39. The monoisotopic (exact) mass is 598 g/mol.